The first-order valence-electron chi connectivity index (χ1n) is 9.67. The quantitative estimate of drug-likeness (QED) is 0.465. The molecule has 2 fully saturated rings. The number of likely N-dealkylation sites (N-methyl/N-ethyl adjacent to an activating group) is 1. The van der Waals surface area contributed by atoms with Crippen LogP contribution in [0.5, 0.6) is 0 Å². The third-order valence-electron chi connectivity index (χ3n) is 6.40. The van der Waals surface area contributed by atoms with Crippen LogP contribution < -0.4 is 0 Å². The molecule has 4 atom stereocenters. The fourth-order valence-electron chi connectivity index (χ4n) is 4.94. The Labute approximate surface area is 195 Å². The fraction of sp³-hybridized carbons (Fsp3) is 0.364. The maximum Gasteiger partial charge on any atom is 0.232 e. The van der Waals surface area contributed by atoms with Crippen molar-refractivity contribution < 1.29 is 10.00 Å². The van der Waals surface area contributed by atoms with Crippen molar-refractivity contribution in [2.75, 3.05) is 7.05 Å². The number of fused-ring (bicyclic) bond motifs is 2. The average molecular weight is 513 g/mol. The van der Waals surface area contributed by atoms with Gasteiger partial charge in [0.15, 0.2) is 0 Å². The molecule has 3 aromatic rings. The maximum atomic E-state index is 6.13. The van der Waals surface area contributed by atoms with Crippen LogP contribution in [0, 0.1) is 0 Å². The van der Waals surface area contributed by atoms with Gasteiger partial charge in [0.1, 0.15) is 0 Å². The van der Waals surface area contributed by atoms with Crippen LogP contribution in [-0.2, 0) is 0 Å². The van der Waals surface area contributed by atoms with Gasteiger partial charge in [0.2, 0.25) is 11.7 Å². The van der Waals surface area contributed by atoms with Crippen LogP contribution in [0.3, 0.4) is 0 Å². The number of hydrogen-bond acceptors (Lipinski definition) is 4. The van der Waals surface area contributed by atoms with E-state index in [9.17, 15) is 0 Å². The van der Waals surface area contributed by atoms with Gasteiger partial charge in [0, 0.05) is 27.1 Å². The predicted molar refractivity (Wildman–Crippen MR) is 124 cm³/mol. The first-order chi connectivity index (χ1) is 13.6. The molecule has 3 heterocycles. The normalized spacial score (nSPS) is 25.4. The van der Waals surface area contributed by atoms with Crippen molar-refractivity contribution in [2.45, 2.75) is 43.2 Å². The minimum atomic E-state index is 0. The summed E-state index contributed by atoms with van der Waals surface area (Å²) in [4.78, 5) is 7.35. The second kappa shape index (κ2) is 9.37. The van der Waals surface area contributed by atoms with Crippen LogP contribution in [0.15, 0.2) is 57.5 Å². The zero-order valence-corrected chi connectivity index (χ0v) is 19.6. The topological polar surface area (TPSA) is 73.7 Å². The Bertz CT molecular complexity index is 981. The number of aromatic nitrogens is 2. The number of rotatable bonds is 3. The van der Waals surface area contributed by atoms with Gasteiger partial charge in [-0.15, -0.1) is 12.4 Å². The van der Waals surface area contributed by atoms with Gasteiger partial charge in [-0.25, -0.2) is 0 Å². The van der Waals surface area contributed by atoms with Crippen molar-refractivity contribution in [3.63, 3.8) is 0 Å². The number of nitrogens with zero attached hydrogens (tertiary/aromatic N) is 3. The molecule has 30 heavy (non-hydrogen) atoms. The van der Waals surface area contributed by atoms with E-state index in [1.807, 2.05) is 36.4 Å². The molecule has 2 bridgehead atoms. The molecule has 1 aromatic heterocycles. The summed E-state index contributed by atoms with van der Waals surface area (Å²) < 4.78 is 6.87. The highest BCUT2D eigenvalue weighted by Crippen LogP contribution is 2.50. The zero-order valence-electron chi connectivity index (χ0n) is 16.5. The number of piperidine rings is 1. The second-order valence-electron chi connectivity index (χ2n) is 7.85. The molecule has 2 saturated heterocycles. The first-order valence-corrected chi connectivity index (χ1v) is 10.8. The number of hydrogen-bond donors (Lipinski definition) is 0. The van der Waals surface area contributed by atoms with E-state index < -0.39 is 0 Å². The van der Waals surface area contributed by atoms with Crippen molar-refractivity contribution in [3.8, 4) is 11.4 Å². The Balaban J connectivity index is 0.00000128. The van der Waals surface area contributed by atoms with Gasteiger partial charge in [-0.05, 0) is 74.2 Å². The number of halogens is 3. The van der Waals surface area contributed by atoms with E-state index >= 15 is 0 Å². The molecule has 0 amide bonds. The molecule has 0 spiro atoms. The monoisotopic (exact) mass is 511 g/mol. The predicted octanol–water partition coefficient (Wildman–Crippen LogP) is 5.48. The molecule has 0 saturated carbocycles. The van der Waals surface area contributed by atoms with E-state index in [0.29, 0.717) is 23.8 Å². The molecular formula is C22H24BrCl2N3O2. The lowest BCUT2D eigenvalue weighted by atomic mass is 9.76. The summed E-state index contributed by atoms with van der Waals surface area (Å²) in [5.41, 5.74) is 2.28. The molecule has 2 N–H and O–H groups in total. The SMILES string of the molecule is CN1C2CCC1C(c1nc(-c3ccc(Br)cc3)no1)C(c1ccc(Cl)cc1)C2.Cl.O. The lowest BCUT2D eigenvalue weighted by molar-refractivity contribution is 0.120. The summed E-state index contributed by atoms with van der Waals surface area (Å²) in [6.45, 7) is 0. The summed E-state index contributed by atoms with van der Waals surface area (Å²) >= 11 is 9.60. The van der Waals surface area contributed by atoms with Crippen LogP contribution in [0.2, 0.25) is 5.02 Å². The van der Waals surface area contributed by atoms with Crippen LogP contribution in [0.4, 0.5) is 0 Å². The minimum absolute atomic E-state index is 0. The Morgan fingerprint density at radius 1 is 1.07 bits per heavy atom. The molecule has 2 aliphatic rings. The van der Waals surface area contributed by atoms with Gasteiger partial charge in [-0.3, -0.25) is 4.90 Å². The molecule has 0 aliphatic carbocycles. The molecule has 5 nitrogen and oxygen atoms in total. The third-order valence-corrected chi connectivity index (χ3v) is 7.18. The van der Waals surface area contributed by atoms with Gasteiger partial charge < -0.3 is 10.00 Å². The van der Waals surface area contributed by atoms with Gasteiger partial charge in [0.25, 0.3) is 0 Å². The van der Waals surface area contributed by atoms with Crippen LogP contribution in [0.1, 0.15) is 42.6 Å². The maximum absolute atomic E-state index is 6.13. The van der Waals surface area contributed by atoms with Crippen molar-refractivity contribution in [1.82, 2.24) is 15.0 Å². The standard InChI is InChI=1S/C22H21BrClN3O.ClH.H2O/c1-27-17-10-11-19(27)20(18(12-17)13-4-8-16(24)9-5-13)22-25-21(26-28-22)14-2-6-15(23)7-3-14;;/h2-9,17-20H,10-12H2,1H3;1H;1H2. The first kappa shape index (κ1) is 23.2. The van der Waals surface area contributed by atoms with Gasteiger partial charge in [0.05, 0.1) is 5.92 Å². The van der Waals surface area contributed by atoms with Crippen LogP contribution >= 0.6 is 39.9 Å². The Morgan fingerprint density at radius 2 is 1.77 bits per heavy atom. The van der Waals surface area contributed by atoms with Crippen molar-refractivity contribution in [1.29, 1.82) is 0 Å². The Hall–Kier alpha value is -1.44. The fourth-order valence-corrected chi connectivity index (χ4v) is 5.33. The molecule has 8 heteroatoms. The van der Waals surface area contributed by atoms with Crippen molar-refractivity contribution in [2.24, 2.45) is 0 Å². The lowest BCUT2D eigenvalue weighted by Gasteiger charge is -2.41. The van der Waals surface area contributed by atoms with E-state index in [-0.39, 0.29) is 23.8 Å². The highest BCUT2D eigenvalue weighted by Gasteiger charge is 2.48. The van der Waals surface area contributed by atoms with E-state index in [4.69, 9.17) is 21.1 Å². The summed E-state index contributed by atoms with van der Waals surface area (Å²) in [5, 5.41) is 5.07. The average Bonchev–Trinajstić information content (AvgIpc) is 3.26. The Kier molecular flexibility index (Phi) is 7.25. The largest absolute Gasteiger partial charge is 0.412 e. The highest BCUT2D eigenvalue weighted by atomic mass is 79.9. The minimum Gasteiger partial charge on any atom is -0.412 e. The molecular weight excluding hydrogens is 489 g/mol. The second-order valence-corrected chi connectivity index (χ2v) is 9.20. The van der Waals surface area contributed by atoms with Crippen LogP contribution in [-0.4, -0.2) is 39.6 Å². The van der Waals surface area contributed by atoms with Gasteiger partial charge in [-0.2, -0.15) is 4.98 Å². The zero-order chi connectivity index (χ0) is 19.3. The third kappa shape index (κ3) is 4.16. The van der Waals surface area contributed by atoms with E-state index in [1.54, 1.807) is 0 Å². The summed E-state index contributed by atoms with van der Waals surface area (Å²) in [7, 11) is 2.24. The molecule has 2 aliphatic heterocycles. The molecule has 5 rings (SSSR count). The molecule has 160 valence electrons. The van der Waals surface area contributed by atoms with E-state index in [2.05, 4.69) is 45.2 Å². The molecule has 2 aromatic carbocycles. The van der Waals surface area contributed by atoms with Crippen LogP contribution in [0.25, 0.3) is 11.4 Å². The van der Waals surface area contributed by atoms with Crippen molar-refractivity contribution in [3.05, 3.63) is 69.5 Å². The van der Waals surface area contributed by atoms with Crippen molar-refractivity contribution >= 4 is 39.9 Å². The molecule has 0 radical (unpaired) electrons. The number of benzene rings is 2. The van der Waals surface area contributed by atoms with E-state index in [0.717, 1.165) is 27.4 Å². The Morgan fingerprint density at radius 3 is 2.47 bits per heavy atom. The summed E-state index contributed by atoms with van der Waals surface area (Å²) in [5.74, 6) is 1.96. The summed E-state index contributed by atoms with van der Waals surface area (Å²) in [6.07, 6.45) is 3.51. The summed E-state index contributed by atoms with van der Waals surface area (Å²) in [6, 6.07) is 17.3. The van der Waals surface area contributed by atoms with Gasteiger partial charge >= 0.3 is 0 Å². The molecule has 4 unspecified atom stereocenters. The van der Waals surface area contributed by atoms with E-state index in [1.165, 1.54) is 18.4 Å². The lowest BCUT2D eigenvalue weighted by Crippen LogP contribution is -2.44. The van der Waals surface area contributed by atoms with Gasteiger partial charge in [-0.1, -0.05) is 44.8 Å². The highest BCUT2D eigenvalue weighted by molar-refractivity contribution is 9.10. The smallest absolute Gasteiger partial charge is 0.232 e.